The monoisotopic (exact) mass is 305 g/mol. The summed E-state index contributed by atoms with van der Waals surface area (Å²) >= 11 is 0. The fraction of sp³-hybridized carbons (Fsp3) is 0. The number of pyridine rings is 1. The topological polar surface area (TPSA) is 91.5 Å². The van der Waals surface area contributed by atoms with Gasteiger partial charge in [0.05, 0.1) is 5.56 Å². The zero-order chi connectivity index (χ0) is 15.8. The Morgan fingerprint density at radius 3 is 2.65 bits per heavy atom. The zero-order valence-electron chi connectivity index (χ0n) is 11.9. The average Bonchev–Trinajstić information content (AvgIpc) is 2.97. The standard InChI is InChI=1S/C17H11N3O3/c21-15-11-6-2-1-5-10(11)12(16(22)20-15)9-18-17-19-13-7-3-4-8-14(13)23-17/h1-9H,(H2,20,21,22)/b18-9+. The smallest absolute Gasteiger partial charge is 0.322 e. The van der Waals surface area contributed by atoms with Gasteiger partial charge < -0.3 is 9.52 Å². The van der Waals surface area contributed by atoms with Crippen LogP contribution in [0.15, 0.2) is 62.7 Å². The molecule has 0 bridgehead atoms. The van der Waals surface area contributed by atoms with E-state index in [-0.39, 0.29) is 17.5 Å². The summed E-state index contributed by atoms with van der Waals surface area (Å²) in [6.07, 6.45) is 1.43. The molecule has 2 aromatic carbocycles. The molecule has 4 aromatic rings. The maximum atomic E-state index is 11.9. The third-order valence-electron chi connectivity index (χ3n) is 3.54. The molecule has 0 unspecified atom stereocenters. The first kappa shape index (κ1) is 13.3. The van der Waals surface area contributed by atoms with E-state index in [9.17, 15) is 9.90 Å². The number of aliphatic imine (C=N–C) groups is 1. The van der Waals surface area contributed by atoms with Gasteiger partial charge in [-0.15, -0.1) is 0 Å². The lowest BCUT2D eigenvalue weighted by Crippen LogP contribution is -2.07. The van der Waals surface area contributed by atoms with Crippen LogP contribution in [0.1, 0.15) is 5.56 Å². The first-order chi connectivity index (χ1) is 11.2. The van der Waals surface area contributed by atoms with Crippen molar-refractivity contribution in [1.82, 2.24) is 9.97 Å². The van der Waals surface area contributed by atoms with Gasteiger partial charge in [-0.3, -0.25) is 9.78 Å². The van der Waals surface area contributed by atoms with Crippen LogP contribution in [0.3, 0.4) is 0 Å². The molecule has 0 amide bonds. The fourth-order valence-corrected chi connectivity index (χ4v) is 2.45. The first-order valence-corrected chi connectivity index (χ1v) is 6.96. The average molecular weight is 305 g/mol. The fourth-order valence-electron chi connectivity index (χ4n) is 2.45. The highest BCUT2D eigenvalue weighted by atomic mass is 16.4. The third kappa shape index (κ3) is 2.26. The van der Waals surface area contributed by atoms with Crippen molar-refractivity contribution in [2.45, 2.75) is 0 Å². The highest BCUT2D eigenvalue weighted by Gasteiger charge is 2.09. The van der Waals surface area contributed by atoms with Crippen molar-refractivity contribution < 1.29 is 9.52 Å². The SMILES string of the molecule is O=c1[nH]c(O)c(/C=N/c2nc3ccccc3o2)c2ccccc12. The van der Waals surface area contributed by atoms with Crippen molar-refractivity contribution in [3.8, 4) is 5.88 Å². The maximum Gasteiger partial charge on any atom is 0.322 e. The number of hydrogen-bond acceptors (Lipinski definition) is 5. The van der Waals surface area contributed by atoms with Gasteiger partial charge in [0.15, 0.2) is 5.58 Å². The lowest BCUT2D eigenvalue weighted by atomic mass is 10.1. The Morgan fingerprint density at radius 2 is 1.83 bits per heavy atom. The summed E-state index contributed by atoms with van der Waals surface area (Å²) in [4.78, 5) is 22.7. The molecule has 0 aliphatic carbocycles. The van der Waals surface area contributed by atoms with Gasteiger partial charge in [0.2, 0.25) is 5.88 Å². The molecule has 0 fully saturated rings. The van der Waals surface area contributed by atoms with E-state index < -0.39 is 0 Å². The molecule has 0 aliphatic rings. The quantitative estimate of drug-likeness (QED) is 0.557. The van der Waals surface area contributed by atoms with Crippen LogP contribution < -0.4 is 5.56 Å². The molecule has 0 radical (unpaired) electrons. The number of rotatable bonds is 2. The second-order valence-electron chi connectivity index (χ2n) is 4.98. The molecule has 0 atom stereocenters. The number of nitrogens with zero attached hydrogens (tertiary/aromatic N) is 2. The zero-order valence-corrected chi connectivity index (χ0v) is 11.9. The second-order valence-corrected chi connectivity index (χ2v) is 4.98. The number of oxazole rings is 1. The second kappa shape index (κ2) is 5.10. The van der Waals surface area contributed by atoms with E-state index in [1.165, 1.54) is 6.21 Å². The Labute approximate surface area is 129 Å². The number of aromatic amines is 1. The summed E-state index contributed by atoms with van der Waals surface area (Å²) in [5.41, 5.74) is 1.39. The van der Waals surface area contributed by atoms with E-state index in [0.717, 1.165) is 0 Å². The summed E-state index contributed by atoms with van der Waals surface area (Å²) < 4.78 is 5.50. The van der Waals surface area contributed by atoms with Crippen molar-refractivity contribution in [3.63, 3.8) is 0 Å². The molecule has 112 valence electrons. The van der Waals surface area contributed by atoms with Gasteiger partial charge in [0, 0.05) is 17.0 Å². The molecule has 23 heavy (non-hydrogen) atoms. The van der Waals surface area contributed by atoms with Crippen LogP contribution in [0, 0.1) is 0 Å². The van der Waals surface area contributed by atoms with Crippen LogP contribution in [0.5, 0.6) is 5.88 Å². The predicted molar refractivity (Wildman–Crippen MR) is 87.5 cm³/mol. The predicted octanol–water partition coefficient (Wildman–Crippen LogP) is 3.13. The van der Waals surface area contributed by atoms with Crippen molar-refractivity contribution >= 4 is 34.1 Å². The molecule has 2 heterocycles. The number of H-pyrrole nitrogens is 1. The molecule has 6 heteroatoms. The van der Waals surface area contributed by atoms with Gasteiger partial charge in [-0.2, -0.15) is 4.98 Å². The minimum atomic E-state index is -0.350. The van der Waals surface area contributed by atoms with Crippen LogP contribution >= 0.6 is 0 Å². The number of aromatic hydroxyl groups is 1. The van der Waals surface area contributed by atoms with Crippen LogP contribution in [-0.4, -0.2) is 21.3 Å². The Bertz CT molecular complexity index is 1080. The number of benzene rings is 2. The number of fused-ring (bicyclic) bond motifs is 2. The number of para-hydroxylation sites is 2. The van der Waals surface area contributed by atoms with Crippen LogP contribution in [0.25, 0.3) is 21.9 Å². The Kier molecular flexibility index (Phi) is 2.94. The Hall–Kier alpha value is -3.41. The Balaban J connectivity index is 1.85. The van der Waals surface area contributed by atoms with Crippen molar-refractivity contribution in [1.29, 1.82) is 0 Å². The first-order valence-electron chi connectivity index (χ1n) is 6.96. The van der Waals surface area contributed by atoms with Crippen LogP contribution in [-0.2, 0) is 0 Å². The highest BCUT2D eigenvalue weighted by Crippen LogP contribution is 2.23. The molecular weight excluding hydrogens is 294 g/mol. The van der Waals surface area contributed by atoms with Crippen LogP contribution in [0.2, 0.25) is 0 Å². The van der Waals surface area contributed by atoms with Gasteiger partial charge in [0.1, 0.15) is 5.52 Å². The summed E-state index contributed by atoms with van der Waals surface area (Å²) in [5, 5.41) is 11.1. The van der Waals surface area contributed by atoms with E-state index in [4.69, 9.17) is 4.42 Å². The molecule has 0 aliphatic heterocycles. The molecular formula is C17H11N3O3. The summed E-state index contributed by atoms with van der Waals surface area (Å²) in [6.45, 7) is 0. The van der Waals surface area contributed by atoms with E-state index in [2.05, 4.69) is 15.0 Å². The van der Waals surface area contributed by atoms with Gasteiger partial charge in [-0.05, 0) is 18.2 Å². The molecule has 2 aromatic heterocycles. The molecule has 6 nitrogen and oxygen atoms in total. The van der Waals surface area contributed by atoms with Gasteiger partial charge in [-0.25, -0.2) is 4.99 Å². The molecule has 2 N–H and O–H groups in total. The summed E-state index contributed by atoms with van der Waals surface area (Å²) in [5.74, 6) is -0.242. The largest absolute Gasteiger partial charge is 0.494 e. The van der Waals surface area contributed by atoms with Crippen molar-refractivity contribution in [2.24, 2.45) is 4.99 Å². The maximum absolute atomic E-state index is 11.9. The van der Waals surface area contributed by atoms with Gasteiger partial charge >= 0.3 is 6.01 Å². The van der Waals surface area contributed by atoms with E-state index in [1.54, 1.807) is 30.3 Å². The van der Waals surface area contributed by atoms with E-state index in [0.29, 0.717) is 27.4 Å². The number of hydrogen-bond donors (Lipinski definition) is 2. The minimum Gasteiger partial charge on any atom is -0.494 e. The minimum absolute atomic E-state index is 0.181. The van der Waals surface area contributed by atoms with Gasteiger partial charge in [0.25, 0.3) is 5.56 Å². The molecule has 0 saturated heterocycles. The van der Waals surface area contributed by atoms with Crippen molar-refractivity contribution in [3.05, 3.63) is 64.4 Å². The normalized spacial score (nSPS) is 11.7. The van der Waals surface area contributed by atoms with E-state index >= 15 is 0 Å². The third-order valence-corrected chi connectivity index (χ3v) is 3.54. The Morgan fingerprint density at radius 1 is 1.09 bits per heavy atom. The van der Waals surface area contributed by atoms with E-state index in [1.807, 2.05) is 18.2 Å². The number of aromatic nitrogens is 2. The van der Waals surface area contributed by atoms with Gasteiger partial charge in [-0.1, -0.05) is 30.3 Å². The lowest BCUT2D eigenvalue weighted by molar-refractivity contribution is 0.452. The lowest BCUT2D eigenvalue weighted by Gasteiger charge is -2.03. The van der Waals surface area contributed by atoms with Crippen LogP contribution in [0.4, 0.5) is 6.01 Å². The summed E-state index contributed by atoms with van der Waals surface area (Å²) in [7, 11) is 0. The molecule has 4 rings (SSSR count). The molecule has 0 saturated carbocycles. The highest BCUT2D eigenvalue weighted by molar-refractivity contribution is 6.01. The van der Waals surface area contributed by atoms with Crippen molar-refractivity contribution in [2.75, 3.05) is 0 Å². The number of nitrogens with one attached hydrogen (secondary N) is 1. The summed E-state index contributed by atoms with van der Waals surface area (Å²) in [6, 6.07) is 14.5. The molecule has 0 spiro atoms.